The van der Waals surface area contributed by atoms with Crippen molar-refractivity contribution in [2.75, 3.05) is 13.7 Å². The summed E-state index contributed by atoms with van der Waals surface area (Å²) >= 11 is 0.182. The van der Waals surface area contributed by atoms with Crippen molar-refractivity contribution in [3.8, 4) is 11.8 Å². The average molecular weight is 307 g/mol. The van der Waals surface area contributed by atoms with Gasteiger partial charge >= 0.3 is 115 Å². The van der Waals surface area contributed by atoms with Crippen LogP contribution in [0.1, 0.15) is 12.5 Å². The molecule has 0 aliphatic rings. The van der Waals surface area contributed by atoms with Crippen LogP contribution >= 0.6 is 0 Å². The number of ether oxygens (including phenoxy) is 1. The first-order valence-corrected chi connectivity index (χ1v) is 7.78. The fourth-order valence-electron chi connectivity index (χ4n) is 1.24. The molecule has 0 amide bonds. The Labute approximate surface area is 115 Å². The summed E-state index contributed by atoms with van der Waals surface area (Å²) in [5.41, 5.74) is 0.862. The van der Waals surface area contributed by atoms with Crippen LogP contribution in [0.4, 0.5) is 0 Å². The van der Waals surface area contributed by atoms with Gasteiger partial charge in [-0.05, 0) is 0 Å². The number of hydrogen-bond donors (Lipinski definition) is 0. The zero-order chi connectivity index (χ0) is 13.2. The zero-order valence-corrected chi connectivity index (χ0v) is 12.3. The quantitative estimate of drug-likeness (QED) is 0.474. The Kier molecular flexibility index (Phi) is 7.13. The molecule has 0 bridgehead atoms. The summed E-state index contributed by atoms with van der Waals surface area (Å²) in [5.74, 6) is 5.50. The number of rotatable bonds is 5. The van der Waals surface area contributed by atoms with E-state index in [9.17, 15) is 4.79 Å². The van der Waals surface area contributed by atoms with Gasteiger partial charge in [-0.2, -0.15) is 0 Å². The summed E-state index contributed by atoms with van der Waals surface area (Å²) in [6.45, 7) is 2.54. The molecule has 0 unspecified atom stereocenters. The van der Waals surface area contributed by atoms with Crippen LogP contribution in [0.5, 0.6) is 0 Å². The Morgan fingerprint density at radius 2 is 2.11 bits per heavy atom. The Balaban J connectivity index is 2.76. The molecular formula is C15H16O2Se. The third-order valence-electron chi connectivity index (χ3n) is 2.05. The van der Waals surface area contributed by atoms with E-state index in [1.54, 1.807) is 7.11 Å². The standard InChI is InChI=1S/C15H16O2Se/c1-3-18-15(11-12-17-2)14(16)10-9-13-7-5-4-6-8-13/h4-8,11H,3,12H2,1-2H3/b15-11-. The molecule has 1 aromatic carbocycles. The molecule has 0 heterocycles. The van der Waals surface area contributed by atoms with Crippen LogP contribution in [0.2, 0.25) is 5.32 Å². The summed E-state index contributed by atoms with van der Waals surface area (Å²) in [4.78, 5) is 11.9. The van der Waals surface area contributed by atoms with E-state index in [4.69, 9.17) is 4.74 Å². The first kappa shape index (κ1) is 14.7. The number of Topliss-reactive ketones (excluding diaryl/α,β-unsaturated/α-hetero) is 1. The molecule has 2 nitrogen and oxygen atoms in total. The number of carbonyl (C=O) groups excluding carboxylic acids is 1. The van der Waals surface area contributed by atoms with Crippen molar-refractivity contribution in [2.45, 2.75) is 12.2 Å². The maximum atomic E-state index is 11.9. The molecule has 0 aliphatic carbocycles. The molecular weight excluding hydrogens is 291 g/mol. The zero-order valence-electron chi connectivity index (χ0n) is 10.6. The fourth-order valence-corrected chi connectivity index (χ4v) is 2.67. The molecule has 0 saturated heterocycles. The van der Waals surface area contributed by atoms with Crippen LogP contribution in [0.3, 0.4) is 0 Å². The topological polar surface area (TPSA) is 26.3 Å². The number of carbonyl (C=O) groups is 1. The molecule has 3 heteroatoms. The van der Waals surface area contributed by atoms with Crippen LogP contribution in [0, 0.1) is 11.8 Å². The predicted octanol–water partition coefficient (Wildman–Crippen LogP) is 2.28. The van der Waals surface area contributed by atoms with Gasteiger partial charge in [0.25, 0.3) is 0 Å². The van der Waals surface area contributed by atoms with Crippen LogP contribution < -0.4 is 0 Å². The van der Waals surface area contributed by atoms with Crippen molar-refractivity contribution in [3.63, 3.8) is 0 Å². The normalized spacial score (nSPS) is 10.7. The molecule has 0 spiro atoms. The van der Waals surface area contributed by atoms with E-state index in [-0.39, 0.29) is 20.7 Å². The van der Waals surface area contributed by atoms with Crippen LogP contribution in [-0.4, -0.2) is 34.5 Å². The molecule has 94 valence electrons. The Morgan fingerprint density at radius 3 is 2.72 bits per heavy atom. The third-order valence-corrected chi connectivity index (χ3v) is 4.05. The minimum atomic E-state index is -0.0854. The van der Waals surface area contributed by atoms with Gasteiger partial charge in [-0.1, -0.05) is 0 Å². The summed E-state index contributed by atoms with van der Waals surface area (Å²) in [5, 5.41) is 0.987. The molecule has 18 heavy (non-hydrogen) atoms. The van der Waals surface area contributed by atoms with Gasteiger partial charge in [0, 0.05) is 0 Å². The Bertz CT molecular complexity index is 466. The van der Waals surface area contributed by atoms with Crippen LogP contribution in [0.25, 0.3) is 0 Å². The number of methoxy groups -OCH3 is 1. The molecule has 0 N–H and O–H groups in total. The van der Waals surface area contributed by atoms with Gasteiger partial charge in [-0.15, -0.1) is 0 Å². The minimum absolute atomic E-state index is 0.0854. The van der Waals surface area contributed by atoms with Crippen molar-refractivity contribution in [1.29, 1.82) is 0 Å². The second-order valence-electron chi connectivity index (χ2n) is 3.40. The molecule has 1 aromatic rings. The van der Waals surface area contributed by atoms with Crippen molar-refractivity contribution in [1.82, 2.24) is 0 Å². The summed E-state index contributed by atoms with van der Waals surface area (Å²) < 4.78 is 5.77. The molecule has 0 radical (unpaired) electrons. The molecule has 0 saturated carbocycles. The molecule has 0 aromatic heterocycles. The van der Waals surface area contributed by atoms with E-state index in [1.807, 2.05) is 36.4 Å². The van der Waals surface area contributed by atoms with E-state index >= 15 is 0 Å². The van der Waals surface area contributed by atoms with E-state index in [1.165, 1.54) is 0 Å². The maximum absolute atomic E-state index is 11.9. The van der Waals surface area contributed by atoms with E-state index in [0.29, 0.717) is 6.61 Å². The summed E-state index contributed by atoms with van der Waals surface area (Å²) in [6.07, 6.45) is 1.84. The number of allylic oxidation sites excluding steroid dienone is 1. The van der Waals surface area contributed by atoms with Gasteiger partial charge in [-0.3, -0.25) is 0 Å². The predicted molar refractivity (Wildman–Crippen MR) is 74.5 cm³/mol. The monoisotopic (exact) mass is 308 g/mol. The molecule has 1 rings (SSSR count). The molecule has 0 fully saturated rings. The van der Waals surface area contributed by atoms with Gasteiger partial charge in [0.05, 0.1) is 0 Å². The number of benzene rings is 1. The van der Waals surface area contributed by atoms with Crippen molar-refractivity contribution < 1.29 is 9.53 Å². The first-order chi connectivity index (χ1) is 8.77. The third kappa shape index (κ3) is 5.33. The second kappa shape index (κ2) is 8.72. The van der Waals surface area contributed by atoms with Crippen LogP contribution in [0.15, 0.2) is 40.9 Å². The molecule has 0 aliphatic heterocycles. The van der Waals surface area contributed by atoms with Gasteiger partial charge in [-0.25, -0.2) is 0 Å². The van der Waals surface area contributed by atoms with Crippen molar-refractivity contribution in [2.24, 2.45) is 0 Å². The van der Waals surface area contributed by atoms with Crippen LogP contribution in [-0.2, 0) is 9.53 Å². The van der Waals surface area contributed by atoms with Gasteiger partial charge in [0.2, 0.25) is 0 Å². The van der Waals surface area contributed by atoms with E-state index in [0.717, 1.165) is 15.4 Å². The van der Waals surface area contributed by atoms with Gasteiger partial charge in [0.15, 0.2) is 0 Å². The SMILES string of the molecule is CC[Se]/C(=C\COC)C(=O)C#Cc1ccccc1. The van der Waals surface area contributed by atoms with Gasteiger partial charge in [0.1, 0.15) is 0 Å². The van der Waals surface area contributed by atoms with E-state index < -0.39 is 0 Å². The molecule has 0 atom stereocenters. The van der Waals surface area contributed by atoms with E-state index in [2.05, 4.69) is 18.8 Å². The van der Waals surface area contributed by atoms with Gasteiger partial charge < -0.3 is 0 Å². The second-order valence-corrected chi connectivity index (χ2v) is 6.14. The number of hydrogen-bond acceptors (Lipinski definition) is 2. The Hall–Kier alpha value is -1.33. The Morgan fingerprint density at radius 1 is 1.39 bits per heavy atom. The first-order valence-electron chi connectivity index (χ1n) is 5.71. The fraction of sp³-hybridized carbons (Fsp3) is 0.267. The number of ketones is 1. The summed E-state index contributed by atoms with van der Waals surface area (Å²) in [7, 11) is 1.62. The van der Waals surface area contributed by atoms with Crippen molar-refractivity contribution in [3.05, 3.63) is 46.4 Å². The summed E-state index contributed by atoms with van der Waals surface area (Å²) in [6, 6.07) is 9.53. The average Bonchev–Trinajstić information content (AvgIpc) is 2.42. The van der Waals surface area contributed by atoms with Crippen molar-refractivity contribution >= 4 is 20.7 Å².